The molecule has 0 bridgehead atoms. The first-order valence-electron chi connectivity index (χ1n) is 4.17. The molecular weight excluding hydrogens is 156 g/mol. The zero-order chi connectivity index (χ0) is 8.81. The molecule has 0 atom stereocenters. The summed E-state index contributed by atoms with van der Waals surface area (Å²) in [6, 6.07) is 0. The molecule has 0 aromatic rings. The van der Waals surface area contributed by atoms with E-state index in [4.69, 9.17) is 0 Å². The van der Waals surface area contributed by atoms with Gasteiger partial charge in [-0.1, -0.05) is 12.2 Å². The predicted molar refractivity (Wildman–Crippen MR) is 43.3 cm³/mol. The van der Waals surface area contributed by atoms with Gasteiger partial charge in [-0.3, -0.25) is 9.59 Å². The van der Waals surface area contributed by atoms with Crippen LogP contribution in [0.2, 0.25) is 0 Å². The Morgan fingerprint density at radius 3 is 2.75 bits per heavy atom. The van der Waals surface area contributed by atoms with E-state index in [-0.39, 0.29) is 6.42 Å². The summed E-state index contributed by atoms with van der Waals surface area (Å²) in [5, 5.41) is 0. The van der Waals surface area contributed by atoms with Crippen LogP contribution in [-0.2, 0) is 14.3 Å². The monoisotopic (exact) mass is 168 g/mol. The minimum atomic E-state index is -0.446. The molecule has 0 fully saturated rings. The minimum Gasteiger partial charge on any atom is -0.393 e. The van der Waals surface area contributed by atoms with Crippen molar-refractivity contribution in [2.75, 3.05) is 0 Å². The van der Waals surface area contributed by atoms with Gasteiger partial charge in [-0.05, 0) is 19.3 Å². The van der Waals surface area contributed by atoms with Crippen molar-refractivity contribution in [1.29, 1.82) is 0 Å². The van der Waals surface area contributed by atoms with Crippen LogP contribution in [0.3, 0.4) is 0 Å². The lowest BCUT2D eigenvalue weighted by atomic mass is 10.1. The Labute approximate surface area is 71.4 Å². The highest BCUT2D eigenvalue weighted by Gasteiger charge is 2.09. The summed E-state index contributed by atoms with van der Waals surface area (Å²) in [7, 11) is 0. The van der Waals surface area contributed by atoms with E-state index in [0.717, 1.165) is 19.3 Å². The third kappa shape index (κ3) is 3.32. The molecule has 0 aromatic heterocycles. The van der Waals surface area contributed by atoms with Gasteiger partial charge in [0.05, 0.1) is 6.42 Å². The average molecular weight is 168 g/mol. The van der Waals surface area contributed by atoms with E-state index in [1.165, 1.54) is 0 Å². The van der Waals surface area contributed by atoms with E-state index in [1.54, 1.807) is 6.08 Å². The fourth-order valence-electron chi connectivity index (χ4n) is 1.05. The van der Waals surface area contributed by atoms with Gasteiger partial charge in [0.1, 0.15) is 0 Å². The minimum absolute atomic E-state index is 0.214. The van der Waals surface area contributed by atoms with Gasteiger partial charge in [0, 0.05) is 6.42 Å². The molecule has 0 spiro atoms. The second-order valence-electron chi connectivity index (χ2n) is 2.77. The van der Waals surface area contributed by atoms with E-state index in [9.17, 15) is 9.59 Å². The number of hydrogen-bond donors (Lipinski definition) is 0. The summed E-state index contributed by atoms with van der Waals surface area (Å²) in [5.74, 6) is -0.839. The first kappa shape index (κ1) is 8.97. The normalized spacial score (nSPS) is 23.0. The van der Waals surface area contributed by atoms with Crippen LogP contribution in [0.15, 0.2) is 12.2 Å². The molecule has 0 saturated heterocycles. The summed E-state index contributed by atoms with van der Waals surface area (Å²) >= 11 is 0. The van der Waals surface area contributed by atoms with Crippen LogP contribution in [0.5, 0.6) is 0 Å². The Balaban J connectivity index is 2.46. The lowest BCUT2D eigenvalue weighted by Crippen LogP contribution is -2.11. The standard InChI is InChI=1S/C9H12O3/c10-8-6-4-2-1-3-5-7-9(11)12-8/h2,4H,1,3,5-7H2/b4-2-. The Morgan fingerprint density at radius 1 is 1.08 bits per heavy atom. The molecule has 0 saturated carbocycles. The zero-order valence-electron chi connectivity index (χ0n) is 6.91. The SMILES string of the molecule is O=C1C/C=C\CCCCC(=O)O1. The molecule has 0 unspecified atom stereocenters. The van der Waals surface area contributed by atoms with E-state index in [2.05, 4.69) is 4.74 Å². The first-order chi connectivity index (χ1) is 5.79. The zero-order valence-corrected chi connectivity index (χ0v) is 6.91. The summed E-state index contributed by atoms with van der Waals surface area (Å²) in [4.78, 5) is 21.7. The number of ether oxygens (including phenoxy) is 1. The summed E-state index contributed by atoms with van der Waals surface area (Å²) in [5.41, 5.74) is 0. The van der Waals surface area contributed by atoms with Gasteiger partial charge in [0.2, 0.25) is 0 Å². The maximum absolute atomic E-state index is 10.8. The van der Waals surface area contributed by atoms with Crippen molar-refractivity contribution in [2.45, 2.75) is 32.1 Å². The molecule has 0 radical (unpaired) electrons. The quantitative estimate of drug-likeness (QED) is 0.313. The Bertz CT molecular complexity index is 206. The van der Waals surface area contributed by atoms with Crippen LogP contribution in [0.25, 0.3) is 0 Å². The van der Waals surface area contributed by atoms with Gasteiger partial charge >= 0.3 is 11.9 Å². The topological polar surface area (TPSA) is 43.4 Å². The number of esters is 2. The maximum atomic E-state index is 10.8. The van der Waals surface area contributed by atoms with Crippen LogP contribution in [-0.4, -0.2) is 11.9 Å². The molecule has 1 aliphatic rings. The molecule has 1 rings (SSSR count). The number of cyclic esters (lactones) is 2. The van der Waals surface area contributed by atoms with Crippen LogP contribution in [0, 0.1) is 0 Å². The van der Waals surface area contributed by atoms with E-state index in [1.807, 2.05) is 6.08 Å². The summed E-state index contributed by atoms with van der Waals surface area (Å²) < 4.78 is 4.50. The fraction of sp³-hybridized carbons (Fsp3) is 0.556. The highest BCUT2D eigenvalue weighted by Crippen LogP contribution is 2.05. The lowest BCUT2D eigenvalue weighted by Gasteiger charge is -2.02. The largest absolute Gasteiger partial charge is 0.393 e. The molecular formula is C9H12O3. The third-order valence-electron chi connectivity index (χ3n) is 1.68. The molecule has 3 heteroatoms. The summed E-state index contributed by atoms with van der Waals surface area (Å²) in [6.07, 6.45) is 7.01. The molecule has 0 aliphatic carbocycles. The number of carbonyl (C=O) groups is 2. The summed E-state index contributed by atoms with van der Waals surface area (Å²) in [6.45, 7) is 0. The Morgan fingerprint density at radius 2 is 1.92 bits per heavy atom. The van der Waals surface area contributed by atoms with Crippen molar-refractivity contribution >= 4 is 11.9 Å². The Kier molecular flexibility index (Phi) is 3.51. The molecule has 0 amide bonds. The lowest BCUT2D eigenvalue weighted by molar-refractivity contribution is -0.159. The van der Waals surface area contributed by atoms with Gasteiger partial charge in [0.15, 0.2) is 0 Å². The second kappa shape index (κ2) is 4.70. The number of allylic oxidation sites excluding steroid dienone is 1. The van der Waals surface area contributed by atoms with Gasteiger partial charge in [0.25, 0.3) is 0 Å². The highest BCUT2D eigenvalue weighted by molar-refractivity contribution is 5.86. The fourth-order valence-corrected chi connectivity index (χ4v) is 1.05. The molecule has 12 heavy (non-hydrogen) atoms. The molecule has 3 nitrogen and oxygen atoms in total. The first-order valence-corrected chi connectivity index (χ1v) is 4.17. The van der Waals surface area contributed by atoms with Crippen molar-refractivity contribution in [3.05, 3.63) is 12.2 Å². The van der Waals surface area contributed by atoms with E-state index < -0.39 is 11.9 Å². The van der Waals surface area contributed by atoms with Gasteiger partial charge in [-0.15, -0.1) is 0 Å². The second-order valence-corrected chi connectivity index (χ2v) is 2.77. The Hall–Kier alpha value is -1.12. The molecule has 1 aliphatic heterocycles. The van der Waals surface area contributed by atoms with Crippen molar-refractivity contribution in [3.63, 3.8) is 0 Å². The maximum Gasteiger partial charge on any atom is 0.317 e. The van der Waals surface area contributed by atoms with Crippen LogP contribution in [0.4, 0.5) is 0 Å². The third-order valence-corrected chi connectivity index (χ3v) is 1.68. The van der Waals surface area contributed by atoms with Crippen LogP contribution < -0.4 is 0 Å². The van der Waals surface area contributed by atoms with Gasteiger partial charge < -0.3 is 4.74 Å². The van der Waals surface area contributed by atoms with Crippen molar-refractivity contribution in [2.24, 2.45) is 0 Å². The van der Waals surface area contributed by atoms with Crippen LogP contribution in [0.1, 0.15) is 32.1 Å². The van der Waals surface area contributed by atoms with Gasteiger partial charge in [-0.2, -0.15) is 0 Å². The van der Waals surface area contributed by atoms with Crippen molar-refractivity contribution in [3.8, 4) is 0 Å². The molecule has 66 valence electrons. The molecule has 0 aromatic carbocycles. The smallest absolute Gasteiger partial charge is 0.317 e. The van der Waals surface area contributed by atoms with E-state index in [0.29, 0.717) is 6.42 Å². The van der Waals surface area contributed by atoms with Gasteiger partial charge in [-0.25, -0.2) is 0 Å². The predicted octanol–water partition coefficient (Wildman–Crippen LogP) is 1.58. The molecule has 1 heterocycles. The van der Waals surface area contributed by atoms with Crippen molar-refractivity contribution in [1.82, 2.24) is 0 Å². The number of carbonyl (C=O) groups excluding carboxylic acids is 2. The van der Waals surface area contributed by atoms with Crippen molar-refractivity contribution < 1.29 is 14.3 Å². The number of hydrogen-bond acceptors (Lipinski definition) is 3. The molecule has 0 N–H and O–H groups in total. The average Bonchev–Trinajstić information content (AvgIpc) is 2.02. The van der Waals surface area contributed by atoms with Crippen LogP contribution >= 0.6 is 0 Å². The number of rotatable bonds is 0. The van der Waals surface area contributed by atoms with E-state index >= 15 is 0 Å². The highest BCUT2D eigenvalue weighted by atomic mass is 16.6.